The van der Waals surface area contributed by atoms with Crippen LogP contribution in [0.2, 0.25) is 0 Å². The minimum absolute atomic E-state index is 0.00664. The van der Waals surface area contributed by atoms with Gasteiger partial charge in [0.15, 0.2) is 11.5 Å². The normalized spacial score (nSPS) is 21.9. The Morgan fingerprint density at radius 3 is 2.57 bits per heavy atom. The molecule has 1 saturated carbocycles. The van der Waals surface area contributed by atoms with Crippen molar-refractivity contribution in [1.29, 1.82) is 0 Å². The molecule has 1 aromatic heterocycles. The Morgan fingerprint density at radius 2 is 1.92 bits per heavy atom. The molecule has 1 aliphatic carbocycles. The lowest BCUT2D eigenvalue weighted by Crippen LogP contribution is -2.26. The number of alkyl halides is 2. The van der Waals surface area contributed by atoms with Crippen molar-refractivity contribution >= 4 is 16.7 Å². The summed E-state index contributed by atoms with van der Waals surface area (Å²) in [5, 5.41) is 20.2. The number of aliphatic hydroxyl groups excluding tert-OH is 1. The van der Waals surface area contributed by atoms with Crippen LogP contribution in [-0.4, -0.2) is 39.5 Å². The van der Waals surface area contributed by atoms with Gasteiger partial charge in [-0.3, -0.25) is 4.79 Å². The molecule has 198 valence electrons. The molecule has 0 bridgehead atoms. The van der Waals surface area contributed by atoms with E-state index in [9.17, 15) is 23.8 Å². The molecular weight excluding hydrogens is 487 g/mol. The van der Waals surface area contributed by atoms with Crippen molar-refractivity contribution in [1.82, 2.24) is 4.57 Å². The predicted octanol–water partition coefficient (Wildman–Crippen LogP) is 4.99. The fourth-order valence-electron chi connectivity index (χ4n) is 4.73. The Labute approximate surface area is 219 Å². The molecule has 2 aliphatic rings. The van der Waals surface area contributed by atoms with Crippen molar-refractivity contribution in [2.75, 3.05) is 6.61 Å². The Bertz CT molecular complexity index is 1590. The van der Waals surface area contributed by atoms with Crippen molar-refractivity contribution in [3.63, 3.8) is 0 Å². The molecule has 1 fully saturated rings. The molecule has 0 saturated heterocycles. The van der Waals surface area contributed by atoms with Crippen LogP contribution in [-0.2, 0) is 28.5 Å². The maximum atomic E-state index is 15.6. The average Bonchev–Trinajstić information content (AvgIpc) is 3.50. The van der Waals surface area contributed by atoms with Gasteiger partial charge in [-0.05, 0) is 60.7 Å². The highest BCUT2D eigenvalue weighted by atomic mass is 19.3. The summed E-state index contributed by atoms with van der Waals surface area (Å²) in [5.74, 6) is -1.62. The summed E-state index contributed by atoms with van der Waals surface area (Å²) >= 11 is 0. The second-order valence-electron chi connectivity index (χ2n) is 9.97. The van der Waals surface area contributed by atoms with Crippen LogP contribution in [0.15, 0.2) is 36.4 Å². The summed E-state index contributed by atoms with van der Waals surface area (Å²) in [4.78, 5) is 13.5. The van der Waals surface area contributed by atoms with Crippen molar-refractivity contribution < 1.29 is 44.5 Å². The summed E-state index contributed by atoms with van der Waals surface area (Å²) in [6.45, 7) is -0.0592. The van der Waals surface area contributed by atoms with Gasteiger partial charge in [0.2, 0.25) is 0 Å². The second kappa shape index (κ2) is 8.77. The van der Waals surface area contributed by atoms with E-state index >= 15 is 4.39 Å². The van der Waals surface area contributed by atoms with Crippen LogP contribution in [0.1, 0.15) is 63.7 Å². The van der Waals surface area contributed by atoms with E-state index in [0.29, 0.717) is 18.4 Å². The van der Waals surface area contributed by atoms with Crippen LogP contribution >= 0.6 is 0 Å². The molecule has 0 unspecified atom stereocenters. The van der Waals surface area contributed by atoms with Gasteiger partial charge in [0.25, 0.3) is 0 Å². The predicted molar refractivity (Wildman–Crippen MR) is 131 cm³/mol. The lowest BCUT2D eigenvalue weighted by molar-refractivity contribution is -0.286. The lowest BCUT2D eigenvalue weighted by Gasteiger charge is -2.26. The van der Waals surface area contributed by atoms with Gasteiger partial charge in [-0.25, -0.2) is 4.39 Å². The van der Waals surface area contributed by atoms with Gasteiger partial charge in [0.05, 0.1) is 34.2 Å². The SMILES string of the molecule is [2H]C([2H])(C)C(C)(C)c1cc2cc(CC(=O)C3(c4ccc5c(c4)OC(F)(F)O5)CC3)c(F)cc2n1C([2H])([2H])[C@]([2H])(O)CO. The number of carbonyl (C=O) groups excluding carboxylic acids is 1. The van der Waals surface area contributed by atoms with E-state index in [-0.39, 0.29) is 45.9 Å². The number of Topliss-reactive ketones (excluding diaryl/α,β-unsaturated/α-hetero) is 1. The first-order valence-corrected chi connectivity index (χ1v) is 11.8. The van der Waals surface area contributed by atoms with Crippen molar-refractivity contribution in [2.45, 2.75) is 76.1 Å². The van der Waals surface area contributed by atoms with Gasteiger partial charge in [-0.15, -0.1) is 8.78 Å². The molecule has 2 heterocycles. The monoisotopic (exact) mass is 522 g/mol. The zero-order valence-electron chi connectivity index (χ0n) is 25.5. The Morgan fingerprint density at radius 1 is 1.22 bits per heavy atom. The van der Waals surface area contributed by atoms with Crippen LogP contribution in [0.5, 0.6) is 11.5 Å². The maximum absolute atomic E-state index is 15.6. The van der Waals surface area contributed by atoms with Crippen molar-refractivity contribution in [3.8, 4) is 11.5 Å². The van der Waals surface area contributed by atoms with Crippen molar-refractivity contribution in [2.24, 2.45) is 0 Å². The molecule has 37 heavy (non-hydrogen) atoms. The van der Waals surface area contributed by atoms with Gasteiger partial charge in [-0.1, -0.05) is 26.8 Å². The van der Waals surface area contributed by atoms with Gasteiger partial charge in [0.1, 0.15) is 11.6 Å². The first-order valence-electron chi connectivity index (χ1n) is 14.3. The number of carbonyl (C=O) groups is 1. The Balaban J connectivity index is 1.56. The quantitative estimate of drug-likeness (QED) is 0.414. The van der Waals surface area contributed by atoms with Crippen LogP contribution in [0.4, 0.5) is 13.2 Å². The molecule has 6 nitrogen and oxygen atoms in total. The van der Waals surface area contributed by atoms with Gasteiger partial charge in [0, 0.05) is 25.7 Å². The van der Waals surface area contributed by atoms with E-state index in [0.717, 1.165) is 10.6 Å². The summed E-state index contributed by atoms with van der Waals surface area (Å²) < 4.78 is 94.2. The lowest BCUT2D eigenvalue weighted by atomic mass is 9.86. The van der Waals surface area contributed by atoms with Gasteiger partial charge >= 0.3 is 6.29 Å². The minimum Gasteiger partial charge on any atom is -0.395 e. The van der Waals surface area contributed by atoms with E-state index in [1.54, 1.807) is 0 Å². The van der Waals surface area contributed by atoms with Crippen LogP contribution < -0.4 is 9.47 Å². The molecule has 0 amide bonds. The first kappa shape index (κ1) is 20.0. The topological polar surface area (TPSA) is 80.9 Å². The molecule has 9 heteroatoms. The Hall–Kier alpha value is -3.04. The fourth-order valence-corrected chi connectivity index (χ4v) is 4.73. The van der Waals surface area contributed by atoms with Crippen LogP contribution in [0.3, 0.4) is 0 Å². The number of nitrogens with zero attached hydrogens (tertiary/aromatic N) is 1. The number of ketones is 1. The number of hydrogen-bond donors (Lipinski definition) is 2. The largest absolute Gasteiger partial charge is 0.586 e. The summed E-state index contributed by atoms with van der Waals surface area (Å²) in [6.07, 6.45) is -8.38. The van der Waals surface area contributed by atoms with E-state index in [1.165, 1.54) is 51.1 Å². The molecule has 5 rings (SSSR count). The summed E-state index contributed by atoms with van der Waals surface area (Å²) in [7, 11) is 0. The molecule has 3 aromatic rings. The zero-order valence-corrected chi connectivity index (χ0v) is 20.5. The molecule has 2 aromatic carbocycles. The first-order chi connectivity index (χ1) is 19.2. The van der Waals surface area contributed by atoms with Gasteiger partial charge < -0.3 is 24.3 Å². The molecule has 2 N–H and O–H groups in total. The van der Waals surface area contributed by atoms with E-state index < -0.39 is 48.5 Å². The maximum Gasteiger partial charge on any atom is 0.586 e. The molecular formula is C28H30F3NO5. The van der Waals surface area contributed by atoms with E-state index in [2.05, 4.69) is 9.47 Å². The highest BCUT2D eigenvalue weighted by molar-refractivity contribution is 5.95. The zero-order chi connectivity index (χ0) is 31.3. The summed E-state index contributed by atoms with van der Waals surface area (Å²) in [6, 6.07) is 7.80. The molecule has 1 aliphatic heterocycles. The van der Waals surface area contributed by atoms with E-state index in [4.69, 9.17) is 6.85 Å². The highest BCUT2D eigenvalue weighted by Gasteiger charge is 2.52. The summed E-state index contributed by atoms with van der Waals surface area (Å²) in [5.41, 5.74) is -2.18. The third kappa shape index (κ3) is 4.48. The number of aliphatic hydroxyl groups is 2. The standard InChI is InChI=1S/C28H30F3NO5/c1-4-26(2,3)24-10-17-9-16(20(29)13-21(17)32(24)14-19(34)15-33)11-25(35)27(7-8-27)18-5-6-22-23(12-18)37-28(30,31)36-22/h5-6,9-10,12-13,19,33-34H,4,7-8,11,14-15H2,1-3H3/t19-/m0/s1/i4D2,14D2,19D. The van der Waals surface area contributed by atoms with E-state index in [1.807, 2.05) is 0 Å². The van der Waals surface area contributed by atoms with Crippen LogP contribution in [0, 0.1) is 5.82 Å². The number of benzene rings is 2. The number of halogens is 3. The minimum atomic E-state index is -3.82. The van der Waals surface area contributed by atoms with Crippen LogP contribution in [0.25, 0.3) is 10.9 Å². The smallest absolute Gasteiger partial charge is 0.395 e. The fraction of sp³-hybridized carbons (Fsp3) is 0.464. The average molecular weight is 523 g/mol. The second-order valence-corrected chi connectivity index (χ2v) is 9.97. The number of aromatic nitrogens is 1. The molecule has 0 radical (unpaired) electrons. The number of fused-ring (bicyclic) bond motifs is 2. The van der Waals surface area contributed by atoms with Crippen molar-refractivity contribution in [3.05, 3.63) is 59.0 Å². The molecule has 0 spiro atoms. The number of hydrogen-bond acceptors (Lipinski definition) is 5. The highest BCUT2D eigenvalue weighted by Crippen LogP contribution is 2.52. The number of rotatable bonds is 9. The Kier molecular flexibility index (Phi) is 4.74. The number of ether oxygens (including phenoxy) is 2. The third-order valence-corrected chi connectivity index (χ3v) is 7.21. The van der Waals surface area contributed by atoms with Gasteiger partial charge in [-0.2, -0.15) is 0 Å². The molecule has 1 atom stereocenters. The third-order valence-electron chi connectivity index (χ3n) is 7.21.